The molecule has 0 aromatic rings. The smallest absolute Gasteiger partial charge is 0.410 e. The molecule has 2 rings (SSSR count). The van der Waals surface area contributed by atoms with E-state index in [1.54, 1.807) is 4.90 Å². The number of piperazine rings is 1. The van der Waals surface area contributed by atoms with Gasteiger partial charge in [-0.25, -0.2) is 4.79 Å². The number of nitrogens with zero attached hydrogens (tertiary/aromatic N) is 2. The summed E-state index contributed by atoms with van der Waals surface area (Å²) in [5.74, 6) is 0.630. The molecule has 1 heterocycles. The zero-order valence-electron chi connectivity index (χ0n) is 16.2. The Bertz CT molecular complexity index is 533. The van der Waals surface area contributed by atoms with E-state index >= 15 is 0 Å². The van der Waals surface area contributed by atoms with Gasteiger partial charge in [-0.15, -0.1) is 0 Å². The number of rotatable bonds is 2. The molecule has 0 N–H and O–H groups in total. The van der Waals surface area contributed by atoms with Gasteiger partial charge in [0, 0.05) is 26.2 Å². The lowest BCUT2D eigenvalue weighted by Crippen LogP contribution is -2.52. The van der Waals surface area contributed by atoms with Crippen LogP contribution in [0, 0.1) is 17.3 Å². The van der Waals surface area contributed by atoms with Crippen LogP contribution in [0.15, 0.2) is 11.6 Å². The lowest BCUT2D eigenvalue weighted by Gasteiger charge is -2.36. The second-order valence-electron chi connectivity index (χ2n) is 8.86. The van der Waals surface area contributed by atoms with Crippen molar-refractivity contribution >= 4 is 12.0 Å². The van der Waals surface area contributed by atoms with Gasteiger partial charge in [0.25, 0.3) is 0 Å². The van der Waals surface area contributed by atoms with Crippen molar-refractivity contribution in [3.8, 4) is 0 Å². The molecule has 0 aromatic carbocycles. The molecular weight excluding hydrogens is 304 g/mol. The minimum Gasteiger partial charge on any atom is -0.444 e. The fraction of sp³-hybridized carbons (Fsp3) is 0.789. The second kappa shape index (κ2) is 6.41. The van der Waals surface area contributed by atoms with Crippen LogP contribution in [0.3, 0.4) is 0 Å². The van der Waals surface area contributed by atoms with Crippen molar-refractivity contribution in [2.75, 3.05) is 26.2 Å². The van der Waals surface area contributed by atoms with Crippen molar-refractivity contribution in [2.45, 2.75) is 54.1 Å². The quantitative estimate of drug-likeness (QED) is 0.727. The maximum Gasteiger partial charge on any atom is 0.410 e. The number of allylic oxidation sites excluding steroid dienone is 2. The molecule has 5 nitrogen and oxygen atoms in total. The third-order valence-electron chi connectivity index (χ3n) is 4.93. The Balaban J connectivity index is 1.90. The van der Waals surface area contributed by atoms with Crippen molar-refractivity contribution in [3.63, 3.8) is 0 Å². The highest BCUT2D eigenvalue weighted by atomic mass is 16.6. The summed E-state index contributed by atoms with van der Waals surface area (Å²) >= 11 is 0. The van der Waals surface area contributed by atoms with Crippen LogP contribution in [-0.2, 0) is 9.53 Å². The molecule has 1 aliphatic carbocycles. The molecule has 24 heavy (non-hydrogen) atoms. The van der Waals surface area contributed by atoms with E-state index < -0.39 is 5.60 Å². The molecule has 0 aromatic heterocycles. The summed E-state index contributed by atoms with van der Waals surface area (Å²) in [7, 11) is 0. The van der Waals surface area contributed by atoms with Crippen LogP contribution in [0.25, 0.3) is 0 Å². The summed E-state index contributed by atoms with van der Waals surface area (Å²) in [5, 5.41) is 0. The largest absolute Gasteiger partial charge is 0.444 e. The van der Waals surface area contributed by atoms with Gasteiger partial charge < -0.3 is 14.5 Å². The van der Waals surface area contributed by atoms with Crippen molar-refractivity contribution in [3.05, 3.63) is 11.6 Å². The zero-order chi connectivity index (χ0) is 18.3. The molecule has 0 unspecified atom stereocenters. The first-order valence-corrected chi connectivity index (χ1v) is 8.85. The van der Waals surface area contributed by atoms with Crippen molar-refractivity contribution in [1.29, 1.82) is 0 Å². The SMILES string of the molecule is CC(C)=C[C@@H]1[C@@H](C(=O)N2CCN(C(=O)OC(C)(C)C)CC2)C1(C)C. The van der Waals surface area contributed by atoms with Gasteiger partial charge in [-0.2, -0.15) is 0 Å². The molecule has 5 heteroatoms. The molecule has 0 spiro atoms. The zero-order valence-corrected chi connectivity index (χ0v) is 16.2. The monoisotopic (exact) mass is 336 g/mol. The highest BCUT2D eigenvalue weighted by Crippen LogP contribution is 2.60. The first-order chi connectivity index (χ1) is 10.9. The van der Waals surface area contributed by atoms with Crippen molar-refractivity contribution in [2.24, 2.45) is 17.3 Å². The normalized spacial score (nSPS) is 26.0. The van der Waals surface area contributed by atoms with Gasteiger partial charge in [-0.05, 0) is 46.0 Å². The highest BCUT2D eigenvalue weighted by molar-refractivity contribution is 5.84. The van der Waals surface area contributed by atoms with E-state index in [1.807, 2.05) is 25.7 Å². The Labute approximate surface area is 146 Å². The fourth-order valence-electron chi connectivity index (χ4n) is 3.45. The summed E-state index contributed by atoms with van der Waals surface area (Å²) in [4.78, 5) is 28.5. The Hall–Kier alpha value is -1.52. The summed E-state index contributed by atoms with van der Waals surface area (Å²) in [6.45, 7) is 16.3. The molecule has 2 fully saturated rings. The summed E-state index contributed by atoms with van der Waals surface area (Å²) in [6.07, 6.45) is 1.93. The molecule has 0 radical (unpaired) electrons. The third-order valence-corrected chi connectivity index (χ3v) is 4.93. The molecule has 1 aliphatic heterocycles. The topological polar surface area (TPSA) is 49.9 Å². The number of amides is 2. The van der Waals surface area contributed by atoms with Gasteiger partial charge in [0.15, 0.2) is 0 Å². The average Bonchev–Trinajstić information content (AvgIpc) is 2.96. The van der Waals surface area contributed by atoms with E-state index in [0.29, 0.717) is 32.1 Å². The van der Waals surface area contributed by atoms with Gasteiger partial charge in [0.1, 0.15) is 5.60 Å². The first kappa shape index (κ1) is 18.8. The van der Waals surface area contributed by atoms with E-state index in [-0.39, 0.29) is 23.3 Å². The number of hydrogen-bond donors (Lipinski definition) is 0. The molecule has 2 amide bonds. The van der Waals surface area contributed by atoms with Crippen LogP contribution in [-0.4, -0.2) is 53.6 Å². The summed E-state index contributed by atoms with van der Waals surface area (Å²) in [5.41, 5.74) is 0.814. The van der Waals surface area contributed by atoms with Crippen LogP contribution >= 0.6 is 0 Å². The van der Waals surface area contributed by atoms with Gasteiger partial charge in [0.2, 0.25) is 5.91 Å². The fourth-order valence-corrected chi connectivity index (χ4v) is 3.45. The van der Waals surface area contributed by atoms with E-state index in [9.17, 15) is 9.59 Å². The Morgan fingerprint density at radius 2 is 1.54 bits per heavy atom. The number of ether oxygens (including phenoxy) is 1. The van der Waals surface area contributed by atoms with Crippen LogP contribution in [0.1, 0.15) is 48.5 Å². The van der Waals surface area contributed by atoms with Gasteiger partial charge >= 0.3 is 6.09 Å². The average molecular weight is 336 g/mol. The molecule has 2 atom stereocenters. The molecule has 0 bridgehead atoms. The Morgan fingerprint density at radius 3 is 2.00 bits per heavy atom. The van der Waals surface area contributed by atoms with Crippen LogP contribution < -0.4 is 0 Å². The van der Waals surface area contributed by atoms with E-state index in [2.05, 4.69) is 33.8 Å². The predicted molar refractivity (Wildman–Crippen MR) is 94.6 cm³/mol. The van der Waals surface area contributed by atoms with Crippen LogP contribution in [0.5, 0.6) is 0 Å². The standard InChI is InChI=1S/C19H32N2O3/c1-13(2)12-14-15(19(14,6)7)16(22)20-8-10-21(11-9-20)17(23)24-18(3,4)5/h12,14-15H,8-11H2,1-7H3/t14-,15+/m1/s1. The molecule has 136 valence electrons. The van der Waals surface area contributed by atoms with E-state index in [1.165, 1.54) is 5.57 Å². The number of hydrogen-bond acceptors (Lipinski definition) is 3. The molecule has 1 saturated heterocycles. The minimum absolute atomic E-state index is 0.0383. The first-order valence-electron chi connectivity index (χ1n) is 8.85. The molecular formula is C19H32N2O3. The lowest BCUT2D eigenvalue weighted by atomic mass is 10.1. The highest BCUT2D eigenvalue weighted by Gasteiger charge is 2.61. The molecule has 1 saturated carbocycles. The number of carbonyl (C=O) groups excluding carboxylic acids is 2. The maximum atomic E-state index is 12.8. The third kappa shape index (κ3) is 4.11. The maximum absolute atomic E-state index is 12.8. The van der Waals surface area contributed by atoms with Crippen LogP contribution in [0.2, 0.25) is 0 Å². The van der Waals surface area contributed by atoms with Crippen molar-refractivity contribution < 1.29 is 14.3 Å². The summed E-state index contributed by atoms with van der Waals surface area (Å²) in [6, 6.07) is 0. The molecule has 2 aliphatic rings. The van der Waals surface area contributed by atoms with E-state index in [0.717, 1.165) is 0 Å². The summed E-state index contributed by atoms with van der Waals surface area (Å²) < 4.78 is 5.40. The Kier molecular flexibility index (Phi) is 5.03. The van der Waals surface area contributed by atoms with Gasteiger partial charge in [0.05, 0.1) is 5.92 Å². The van der Waals surface area contributed by atoms with Crippen molar-refractivity contribution in [1.82, 2.24) is 9.80 Å². The minimum atomic E-state index is -0.486. The van der Waals surface area contributed by atoms with Gasteiger partial charge in [-0.3, -0.25) is 4.79 Å². The Morgan fingerprint density at radius 1 is 1.04 bits per heavy atom. The number of carbonyl (C=O) groups is 2. The second-order valence-corrected chi connectivity index (χ2v) is 8.86. The van der Waals surface area contributed by atoms with Crippen LogP contribution in [0.4, 0.5) is 4.79 Å². The van der Waals surface area contributed by atoms with Gasteiger partial charge in [-0.1, -0.05) is 25.5 Å². The lowest BCUT2D eigenvalue weighted by molar-refractivity contribution is -0.135. The predicted octanol–water partition coefficient (Wildman–Crippen LogP) is 3.30. The van der Waals surface area contributed by atoms with E-state index in [4.69, 9.17) is 4.74 Å².